The quantitative estimate of drug-likeness (QED) is 0.243. The molecule has 0 unspecified atom stereocenters. The van der Waals surface area contributed by atoms with Crippen LogP contribution in [0.4, 0.5) is 5.69 Å². The topological polar surface area (TPSA) is 88.6 Å². The second-order valence-corrected chi connectivity index (χ2v) is 16.8. The Morgan fingerprint density at radius 2 is 1.29 bits per heavy atom. The predicted molar refractivity (Wildman–Crippen MR) is 155 cm³/mol. The van der Waals surface area contributed by atoms with Crippen LogP contribution in [0, 0.1) is 0 Å². The van der Waals surface area contributed by atoms with E-state index in [4.69, 9.17) is 0 Å². The van der Waals surface area contributed by atoms with Gasteiger partial charge in [0.05, 0.1) is 5.69 Å². The molecular formula is C29H41NO5S3. The average Bonchev–Trinajstić information content (AvgIpc) is 3.32. The van der Waals surface area contributed by atoms with Gasteiger partial charge in [-0.3, -0.25) is 4.79 Å². The number of anilines is 1. The lowest BCUT2D eigenvalue weighted by Crippen LogP contribution is -2.32. The fourth-order valence-corrected chi connectivity index (χ4v) is 12.9. The van der Waals surface area contributed by atoms with Crippen LogP contribution in [0.3, 0.4) is 0 Å². The van der Waals surface area contributed by atoms with E-state index >= 15 is 0 Å². The highest BCUT2D eigenvalue weighted by Gasteiger charge is 2.55. The van der Waals surface area contributed by atoms with Gasteiger partial charge in [0.1, 0.15) is 9.79 Å². The van der Waals surface area contributed by atoms with E-state index in [2.05, 4.69) is 13.8 Å². The van der Waals surface area contributed by atoms with E-state index in [1.165, 1.54) is 17.4 Å². The second-order valence-electron chi connectivity index (χ2n) is 12.1. The molecule has 0 spiro atoms. The number of unbranched alkanes of at least 4 members (excludes halogenated alkanes) is 5. The number of hydrogen-bond donors (Lipinski definition) is 0. The Balaban J connectivity index is 1.89. The van der Waals surface area contributed by atoms with Crippen molar-refractivity contribution in [1.82, 2.24) is 0 Å². The molecule has 4 rings (SSSR count). The molecule has 0 saturated carbocycles. The lowest BCUT2D eigenvalue weighted by Gasteiger charge is -2.28. The largest absolute Gasteiger partial charge is 0.294 e. The van der Waals surface area contributed by atoms with E-state index < -0.39 is 30.9 Å². The molecule has 2 aromatic rings. The Morgan fingerprint density at radius 1 is 0.789 bits per heavy atom. The maximum absolute atomic E-state index is 14.2. The van der Waals surface area contributed by atoms with Crippen molar-refractivity contribution in [2.75, 3.05) is 3.71 Å². The molecule has 9 heteroatoms. The van der Waals surface area contributed by atoms with E-state index in [0.717, 1.165) is 57.8 Å². The van der Waals surface area contributed by atoms with Gasteiger partial charge in [-0.25, -0.2) is 0 Å². The average molecular weight is 580 g/mol. The zero-order valence-corrected chi connectivity index (χ0v) is 26.0. The molecule has 38 heavy (non-hydrogen) atoms. The third-order valence-electron chi connectivity index (χ3n) is 8.02. The highest BCUT2D eigenvalue weighted by molar-refractivity contribution is 8.13. The van der Waals surface area contributed by atoms with Crippen molar-refractivity contribution in [3.05, 3.63) is 39.1 Å². The molecule has 2 aliphatic rings. The summed E-state index contributed by atoms with van der Waals surface area (Å²) >= 11 is 1.39. The summed E-state index contributed by atoms with van der Waals surface area (Å²) in [6.45, 7) is 12.4. The molecule has 1 aliphatic heterocycles. The highest BCUT2D eigenvalue weighted by atomic mass is 32.3. The number of ketones is 1. The van der Waals surface area contributed by atoms with Gasteiger partial charge < -0.3 is 0 Å². The zero-order chi connectivity index (χ0) is 28.1. The third kappa shape index (κ3) is 4.87. The van der Waals surface area contributed by atoms with Gasteiger partial charge in [0, 0.05) is 32.6 Å². The van der Waals surface area contributed by atoms with Gasteiger partial charge in [-0.05, 0) is 36.6 Å². The van der Waals surface area contributed by atoms with Crippen molar-refractivity contribution in [3.8, 4) is 0 Å². The van der Waals surface area contributed by atoms with Crippen LogP contribution in [-0.2, 0) is 37.3 Å². The SMILES string of the molecule is CCCCCCC(C)(C)c1sc(C(C)(C)CCCCC)c2c1S(=O)(=O)N(c1ccc3c(c1)CC3=O)S2(=O)=O. The summed E-state index contributed by atoms with van der Waals surface area (Å²) in [5.74, 6) is -0.0133. The first-order valence-corrected chi connectivity index (χ1v) is 17.5. The molecule has 2 heterocycles. The van der Waals surface area contributed by atoms with Crippen LogP contribution >= 0.6 is 11.3 Å². The summed E-state index contributed by atoms with van der Waals surface area (Å²) in [7, 11) is -8.74. The lowest BCUT2D eigenvalue weighted by atomic mass is 9.84. The number of sulfonamides is 2. The summed E-state index contributed by atoms with van der Waals surface area (Å²) in [6.07, 6.45) is 9.05. The normalized spacial score (nSPS) is 17.8. The summed E-state index contributed by atoms with van der Waals surface area (Å²) in [4.78, 5) is 13.1. The fraction of sp³-hybridized carbons (Fsp3) is 0.621. The zero-order valence-electron chi connectivity index (χ0n) is 23.5. The van der Waals surface area contributed by atoms with Crippen LogP contribution in [0.1, 0.15) is 125 Å². The number of carbonyl (C=O) groups is 1. The first kappa shape index (κ1) is 29.3. The van der Waals surface area contributed by atoms with Crippen molar-refractivity contribution in [1.29, 1.82) is 0 Å². The van der Waals surface area contributed by atoms with Crippen LogP contribution in [0.2, 0.25) is 0 Å². The Morgan fingerprint density at radius 3 is 1.76 bits per heavy atom. The maximum Gasteiger partial charge on any atom is 0.280 e. The number of fused-ring (bicyclic) bond motifs is 2. The number of thiophene rings is 1. The maximum atomic E-state index is 14.2. The van der Waals surface area contributed by atoms with Crippen LogP contribution < -0.4 is 3.71 Å². The third-order valence-corrected chi connectivity index (χ3v) is 14.6. The van der Waals surface area contributed by atoms with Gasteiger partial charge in [-0.1, -0.05) is 86.5 Å². The lowest BCUT2D eigenvalue weighted by molar-refractivity contribution is 0.0968. The summed E-state index contributed by atoms with van der Waals surface area (Å²) in [6, 6.07) is 4.53. The van der Waals surface area contributed by atoms with Crippen LogP contribution in [0.25, 0.3) is 0 Å². The molecule has 0 atom stereocenters. The fourth-order valence-electron chi connectivity index (χ4n) is 5.64. The van der Waals surface area contributed by atoms with Crippen molar-refractivity contribution >= 4 is 42.9 Å². The monoisotopic (exact) mass is 579 g/mol. The Labute approximate surface area is 232 Å². The van der Waals surface area contributed by atoms with E-state index in [1.807, 2.05) is 27.7 Å². The number of rotatable bonds is 12. The van der Waals surface area contributed by atoms with E-state index in [1.54, 1.807) is 12.1 Å². The number of nitrogens with zero attached hydrogens (tertiary/aromatic N) is 1. The Bertz CT molecular complexity index is 1450. The van der Waals surface area contributed by atoms with Crippen molar-refractivity contribution < 1.29 is 21.6 Å². The summed E-state index contributed by atoms with van der Waals surface area (Å²) < 4.78 is 57.5. The molecular weight excluding hydrogens is 539 g/mol. The van der Waals surface area contributed by atoms with Gasteiger partial charge >= 0.3 is 0 Å². The van der Waals surface area contributed by atoms with E-state index in [9.17, 15) is 21.6 Å². The molecule has 210 valence electrons. The highest BCUT2D eigenvalue weighted by Crippen LogP contribution is 2.55. The van der Waals surface area contributed by atoms with Crippen LogP contribution in [-0.4, -0.2) is 22.6 Å². The molecule has 1 aromatic carbocycles. The smallest absolute Gasteiger partial charge is 0.280 e. The second kappa shape index (κ2) is 10.4. The summed E-state index contributed by atoms with van der Waals surface area (Å²) in [5, 5.41) is 0. The first-order valence-electron chi connectivity index (χ1n) is 13.8. The summed E-state index contributed by atoms with van der Waals surface area (Å²) in [5.41, 5.74) is 0.309. The number of carbonyl (C=O) groups excluding carboxylic acids is 1. The van der Waals surface area contributed by atoms with Crippen LogP contribution in [0.5, 0.6) is 0 Å². The molecule has 0 amide bonds. The standard InChI is InChI=1S/C29H41NO5S3/c1-7-9-11-13-17-29(5,6)27-25-24(26(36-27)28(3,4)16-12-10-8-2)37(32,33)30(38(25,34)35)21-14-15-22-20(18-21)19-23(22)31/h14-15,18H,7-13,16-17,19H2,1-6H3. The predicted octanol–water partition coefficient (Wildman–Crippen LogP) is 7.49. The molecule has 1 aliphatic carbocycles. The van der Waals surface area contributed by atoms with Gasteiger partial charge in [-0.15, -0.1) is 11.3 Å². The Hall–Kier alpha value is -1.71. The van der Waals surface area contributed by atoms with Crippen molar-refractivity contribution in [3.63, 3.8) is 0 Å². The van der Waals surface area contributed by atoms with Crippen LogP contribution in [0.15, 0.2) is 28.0 Å². The molecule has 0 fully saturated rings. The molecule has 1 aromatic heterocycles. The van der Waals surface area contributed by atoms with Gasteiger partial charge in [-0.2, -0.15) is 20.5 Å². The minimum Gasteiger partial charge on any atom is -0.294 e. The molecule has 0 radical (unpaired) electrons. The van der Waals surface area contributed by atoms with Gasteiger partial charge in [0.25, 0.3) is 20.0 Å². The Kier molecular flexibility index (Phi) is 7.98. The van der Waals surface area contributed by atoms with Crippen molar-refractivity contribution in [2.24, 2.45) is 0 Å². The minimum atomic E-state index is -4.37. The van der Waals surface area contributed by atoms with E-state index in [-0.39, 0.29) is 27.7 Å². The molecule has 0 bridgehead atoms. The van der Waals surface area contributed by atoms with Gasteiger partial charge in [0.15, 0.2) is 5.78 Å². The van der Waals surface area contributed by atoms with E-state index in [0.29, 0.717) is 24.6 Å². The molecule has 6 nitrogen and oxygen atoms in total. The number of benzene rings is 1. The number of Topliss-reactive ketones (excluding diaryl/α,β-unsaturated/α-hetero) is 1. The van der Waals surface area contributed by atoms with Gasteiger partial charge in [0.2, 0.25) is 0 Å². The number of hydrogen-bond acceptors (Lipinski definition) is 6. The molecule has 0 saturated heterocycles. The van der Waals surface area contributed by atoms with Crippen molar-refractivity contribution in [2.45, 2.75) is 126 Å². The molecule has 0 N–H and O–H groups in total. The minimum absolute atomic E-state index is 0.0133. The first-order chi connectivity index (χ1) is 17.7.